The third-order valence-corrected chi connectivity index (χ3v) is 6.88. The van der Waals surface area contributed by atoms with Crippen molar-refractivity contribution in [3.8, 4) is 0 Å². The molecule has 0 saturated heterocycles. The van der Waals surface area contributed by atoms with Crippen LogP contribution in [0.4, 0.5) is 21.9 Å². The summed E-state index contributed by atoms with van der Waals surface area (Å²) in [7, 11) is 0. The maximum atomic E-state index is 13.5. The molecule has 0 bridgehead atoms. The molecule has 0 spiro atoms. The van der Waals surface area contributed by atoms with Crippen LogP contribution in [0.2, 0.25) is 0 Å². The minimum atomic E-state index is -0.702. The highest BCUT2D eigenvalue weighted by molar-refractivity contribution is 8.11. The first-order valence-electron chi connectivity index (χ1n) is 15.0. The van der Waals surface area contributed by atoms with E-state index in [-0.39, 0.29) is 13.1 Å². The second kappa shape index (κ2) is 14.9. The number of anilines is 3. The first-order chi connectivity index (χ1) is 21.3. The Bertz CT molecular complexity index is 1460. The number of carbonyl (C=O) groups excluding carboxylic acids is 4. The molecule has 1 aliphatic rings. The van der Waals surface area contributed by atoms with Gasteiger partial charge in [0.25, 0.3) is 5.91 Å². The Labute approximate surface area is 275 Å². The molecular formula is C35H45N3O7S. The first-order valence-corrected chi connectivity index (χ1v) is 15.9. The van der Waals surface area contributed by atoms with E-state index in [2.05, 4.69) is 22.8 Å². The van der Waals surface area contributed by atoms with Crippen molar-refractivity contribution >= 4 is 57.7 Å². The Morgan fingerprint density at radius 3 is 1.80 bits per heavy atom. The number of benzene rings is 2. The van der Waals surface area contributed by atoms with Gasteiger partial charge in [-0.1, -0.05) is 30.0 Å². The van der Waals surface area contributed by atoms with Crippen LogP contribution in [-0.2, 0) is 23.8 Å². The second-order valence-electron chi connectivity index (χ2n) is 13.7. The number of nitrogens with zero attached hydrogens (tertiary/aromatic N) is 1. The number of carbonyl (C=O) groups is 4. The third-order valence-electron chi connectivity index (χ3n) is 5.89. The number of hydrogen-bond donors (Lipinski definition) is 2. The average Bonchev–Trinajstić information content (AvgIpc) is 2.91. The molecular weight excluding hydrogens is 606 g/mol. The van der Waals surface area contributed by atoms with Crippen molar-refractivity contribution in [1.82, 2.24) is 0 Å². The summed E-state index contributed by atoms with van der Waals surface area (Å²) in [6.07, 6.45) is 4.30. The van der Waals surface area contributed by atoms with Crippen LogP contribution >= 0.6 is 11.8 Å². The molecule has 10 nitrogen and oxygen atoms in total. The van der Waals surface area contributed by atoms with Gasteiger partial charge in [0.2, 0.25) is 0 Å². The normalized spacial score (nSPS) is 13.3. The van der Waals surface area contributed by atoms with Crippen LogP contribution in [0.1, 0.15) is 84.7 Å². The van der Waals surface area contributed by atoms with Gasteiger partial charge in [-0.25, -0.2) is 4.79 Å². The van der Waals surface area contributed by atoms with Crippen molar-refractivity contribution in [1.29, 1.82) is 0 Å². The Hall–Kier alpha value is -4.25. The lowest BCUT2D eigenvalue weighted by Crippen LogP contribution is -2.40. The van der Waals surface area contributed by atoms with Gasteiger partial charge in [0.1, 0.15) is 29.9 Å². The van der Waals surface area contributed by atoms with E-state index in [1.165, 1.54) is 0 Å². The number of esters is 2. The highest BCUT2D eigenvalue weighted by Crippen LogP contribution is 2.36. The Morgan fingerprint density at radius 2 is 1.30 bits per heavy atom. The van der Waals surface area contributed by atoms with Gasteiger partial charge in [0.05, 0.1) is 11.4 Å². The molecule has 0 atom stereocenters. The number of hydrogen-bond acceptors (Lipinski definition) is 9. The van der Waals surface area contributed by atoms with Crippen LogP contribution in [-0.4, -0.2) is 53.8 Å². The van der Waals surface area contributed by atoms with Crippen LogP contribution in [0, 0.1) is 0 Å². The minimum Gasteiger partial charge on any atom is -0.459 e. The van der Waals surface area contributed by atoms with E-state index < -0.39 is 40.7 Å². The highest BCUT2D eigenvalue weighted by atomic mass is 32.2. The van der Waals surface area contributed by atoms with Gasteiger partial charge in [-0.2, -0.15) is 0 Å². The summed E-state index contributed by atoms with van der Waals surface area (Å²) in [5.74, 6) is -1.44. The minimum absolute atomic E-state index is 0.197. The summed E-state index contributed by atoms with van der Waals surface area (Å²) in [6.45, 7) is 15.5. The quantitative estimate of drug-likeness (QED) is 0.207. The van der Waals surface area contributed by atoms with Gasteiger partial charge < -0.3 is 24.4 Å². The molecule has 2 amide bonds. The topological polar surface area (TPSA) is 123 Å². The van der Waals surface area contributed by atoms with Crippen LogP contribution < -0.4 is 15.5 Å². The molecule has 0 fully saturated rings. The highest BCUT2D eigenvalue weighted by Gasteiger charge is 2.24. The number of allylic oxidation sites excluding steroid dienone is 2. The zero-order valence-corrected chi connectivity index (χ0v) is 28.9. The summed E-state index contributed by atoms with van der Waals surface area (Å²) < 4.78 is 16.4. The van der Waals surface area contributed by atoms with Crippen molar-refractivity contribution in [2.75, 3.05) is 28.6 Å². The molecule has 0 unspecified atom stereocenters. The third kappa shape index (κ3) is 12.3. The first kappa shape index (κ1) is 36.2. The van der Waals surface area contributed by atoms with E-state index in [1.54, 1.807) is 115 Å². The summed E-state index contributed by atoms with van der Waals surface area (Å²) in [4.78, 5) is 54.0. The molecule has 2 aromatic rings. The van der Waals surface area contributed by atoms with Crippen molar-refractivity contribution in [2.45, 2.75) is 85.5 Å². The van der Waals surface area contributed by atoms with Crippen LogP contribution in [0.3, 0.4) is 0 Å². The molecule has 1 aliphatic heterocycles. The Balaban J connectivity index is 1.86. The summed E-state index contributed by atoms with van der Waals surface area (Å²) >= 11 is 1.57. The van der Waals surface area contributed by atoms with E-state index in [0.717, 1.165) is 16.9 Å². The number of ether oxygens (including phenoxy) is 3. The lowest BCUT2D eigenvalue weighted by Gasteiger charge is -2.27. The van der Waals surface area contributed by atoms with E-state index in [9.17, 15) is 19.2 Å². The molecule has 0 saturated carbocycles. The van der Waals surface area contributed by atoms with Crippen molar-refractivity contribution < 1.29 is 33.4 Å². The summed E-state index contributed by atoms with van der Waals surface area (Å²) in [5, 5.41) is 7.66. The second-order valence-corrected chi connectivity index (χ2v) is 14.7. The fourth-order valence-electron chi connectivity index (χ4n) is 4.23. The number of nitrogens with one attached hydrogen (secondary N) is 2. The van der Waals surface area contributed by atoms with Gasteiger partial charge in [0, 0.05) is 16.2 Å². The van der Waals surface area contributed by atoms with E-state index in [1.807, 2.05) is 11.5 Å². The Morgan fingerprint density at radius 1 is 0.739 bits per heavy atom. The van der Waals surface area contributed by atoms with E-state index in [0.29, 0.717) is 22.6 Å². The van der Waals surface area contributed by atoms with Gasteiger partial charge >= 0.3 is 18.0 Å². The maximum absolute atomic E-state index is 13.5. The molecule has 3 rings (SSSR count). The SMILES string of the molecule is CC(C)(C)OC(=O)CN(CC(=O)OC(C)(C)C)c1ccc(C(=O)Nc2cc(C3=CCC=CS3)ccc2NC(=O)OC(C)(C)C)cc1. The monoisotopic (exact) mass is 651 g/mol. The van der Waals surface area contributed by atoms with Crippen molar-refractivity contribution in [2.24, 2.45) is 0 Å². The molecule has 2 aromatic carbocycles. The number of amides is 2. The van der Waals surface area contributed by atoms with Gasteiger partial charge in [-0.3, -0.25) is 19.7 Å². The predicted molar refractivity (Wildman–Crippen MR) is 184 cm³/mol. The maximum Gasteiger partial charge on any atom is 0.412 e. The van der Waals surface area contributed by atoms with Gasteiger partial charge in [-0.15, -0.1) is 0 Å². The zero-order chi connectivity index (χ0) is 34.3. The molecule has 1 heterocycles. The summed E-state index contributed by atoms with van der Waals surface area (Å²) in [6, 6.07) is 11.9. The molecule has 2 N–H and O–H groups in total. The molecule has 0 aliphatic carbocycles. The van der Waals surface area contributed by atoms with Crippen molar-refractivity contribution in [3.05, 3.63) is 71.2 Å². The molecule has 46 heavy (non-hydrogen) atoms. The zero-order valence-electron chi connectivity index (χ0n) is 28.1. The Kier molecular flexibility index (Phi) is 11.7. The van der Waals surface area contributed by atoms with Gasteiger partial charge in [0.15, 0.2) is 0 Å². The molecule has 0 radical (unpaired) electrons. The lowest BCUT2D eigenvalue weighted by atomic mass is 10.1. The largest absolute Gasteiger partial charge is 0.459 e. The molecule has 0 aromatic heterocycles. The van der Waals surface area contributed by atoms with Crippen LogP contribution in [0.15, 0.2) is 60.0 Å². The predicted octanol–water partition coefficient (Wildman–Crippen LogP) is 7.77. The molecule has 248 valence electrons. The standard InChI is InChI=1S/C35H45N3O7S/c1-33(2,3)43-29(39)21-38(22-30(40)44-34(4,5)6)25-16-13-23(14-17-25)31(41)36-27-20-24(28-12-10-11-19-46-28)15-18-26(27)37-32(42)45-35(7,8)9/h11-20H,10,21-22H2,1-9H3,(H,36,41)(H,37,42). The van der Waals surface area contributed by atoms with Crippen molar-refractivity contribution in [3.63, 3.8) is 0 Å². The smallest absolute Gasteiger partial charge is 0.412 e. The lowest BCUT2D eigenvalue weighted by molar-refractivity contribution is -0.154. The fourth-order valence-corrected chi connectivity index (χ4v) is 5.03. The van der Waals surface area contributed by atoms with E-state index in [4.69, 9.17) is 14.2 Å². The molecule has 11 heteroatoms. The fraction of sp³-hybridized carbons (Fsp3) is 0.429. The number of thioether (sulfide) groups is 1. The van der Waals surface area contributed by atoms with Crippen LogP contribution in [0.25, 0.3) is 4.91 Å². The van der Waals surface area contributed by atoms with Gasteiger partial charge in [-0.05, 0) is 116 Å². The number of rotatable bonds is 9. The summed E-state index contributed by atoms with van der Waals surface area (Å²) in [5.41, 5.74) is 0.395. The van der Waals surface area contributed by atoms with Crippen LogP contribution in [0.5, 0.6) is 0 Å². The van der Waals surface area contributed by atoms with E-state index >= 15 is 0 Å². The average molecular weight is 652 g/mol.